The zero-order valence-corrected chi connectivity index (χ0v) is 9.94. The molecule has 0 aliphatic rings. The van der Waals surface area contributed by atoms with Crippen molar-refractivity contribution in [1.82, 2.24) is 0 Å². The molecule has 3 nitrogen and oxygen atoms in total. The first-order valence-corrected chi connectivity index (χ1v) is 6.13. The molecule has 88 valence electrons. The molecule has 1 aromatic carbocycles. The van der Waals surface area contributed by atoms with Crippen LogP contribution < -0.4 is 4.74 Å². The van der Waals surface area contributed by atoms with E-state index in [0.717, 1.165) is 11.1 Å². The van der Waals surface area contributed by atoms with Crippen LogP contribution in [0.4, 0.5) is 0 Å². The molecule has 1 heterocycles. The molecule has 1 aromatic heterocycles. The normalized spacial score (nSPS) is 10.1. The van der Waals surface area contributed by atoms with Crippen molar-refractivity contribution in [2.24, 2.45) is 0 Å². The van der Waals surface area contributed by atoms with Gasteiger partial charge in [-0.3, -0.25) is 4.79 Å². The number of thiophene rings is 1. The Hall–Kier alpha value is -1.81. The van der Waals surface area contributed by atoms with Crippen molar-refractivity contribution in [1.29, 1.82) is 0 Å². The fourth-order valence-corrected chi connectivity index (χ4v) is 2.11. The van der Waals surface area contributed by atoms with Crippen LogP contribution in [0.5, 0.6) is 5.75 Å². The third-order valence-electron chi connectivity index (χ3n) is 2.24. The van der Waals surface area contributed by atoms with Crippen LogP contribution in [-0.2, 0) is 17.8 Å². The first-order valence-electron chi connectivity index (χ1n) is 5.18. The predicted octanol–water partition coefficient (Wildman–Crippen LogP) is 2.95. The van der Waals surface area contributed by atoms with Gasteiger partial charge in [-0.15, -0.1) is 0 Å². The Bertz CT molecular complexity index is 491. The number of carboxylic acids is 1. The minimum atomic E-state index is -0.833. The van der Waals surface area contributed by atoms with Gasteiger partial charge in [0.25, 0.3) is 0 Å². The molecular formula is C13H12O3S. The van der Waals surface area contributed by atoms with Gasteiger partial charge in [-0.05, 0) is 40.1 Å². The number of hydrogen-bond acceptors (Lipinski definition) is 3. The molecule has 0 saturated carbocycles. The van der Waals surface area contributed by atoms with E-state index < -0.39 is 5.97 Å². The molecule has 17 heavy (non-hydrogen) atoms. The predicted molar refractivity (Wildman–Crippen MR) is 66.4 cm³/mol. The Morgan fingerprint density at radius 1 is 1.29 bits per heavy atom. The molecule has 2 aromatic rings. The Kier molecular flexibility index (Phi) is 3.77. The Balaban J connectivity index is 1.98. The van der Waals surface area contributed by atoms with Gasteiger partial charge in [0.15, 0.2) is 0 Å². The quantitative estimate of drug-likeness (QED) is 0.884. The van der Waals surface area contributed by atoms with E-state index >= 15 is 0 Å². The van der Waals surface area contributed by atoms with Gasteiger partial charge in [0.05, 0.1) is 6.42 Å². The highest BCUT2D eigenvalue weighted by atomic mass is 32.1. The van der Waals surface area contributed by atoms with Crippen LogP contribution in [0.3, 0.4) is 0 Å². The minimum absolute atomic E-state index is 0.0235. The monoisotopic (exact) mass is 248 g/mol. The summed E-state index contributed by atoms with van der Waals surface area (Å²) in [5.74, 6) is -0.130. The minimum Gasteiger partial charge on any atom is -0.489 e. The lowest BCUT2D eigenvalue weighted by Gasteiger charge is -2.06. The molecule has 0 saturated heterocycles. The molecule has 0 bridgehead atoms. The van der Waals surface area contributed by atoms with E-state index in [4.69, 9.17) is 9.84 Å². The van der Waals surface area contributed by atoms with Crippen molar-refractivity contribution in [3.63, 3.8) is 0 Å². The zero-order valence-electron chi connectivity index (χ0n) is 9.13. The van der Waals surface area contributed by atoms with Gasteiger partial charge in [0.2, 0.25) is 0 Å². The summed E-state index contributed by atoms with van der Waals surface area (Å²) in [6.07, 6.45) is 0.0235. The maximum absolute atomic E-state index is 10.6. The maximum Gasteiger partial charge on any atom is 0.307 e. The van der Waals surface area contributed by atoms with Crippen LogP contribution in [0.25, 0.3) is 0 Å². The first-order chi connectivity index (χ1) is 8.24. The van der Waals surface area contributed by atoms with Gasteiger partial charge in [-0.25, -0.2) is 0 Å². The van der Waals surface area contributed by atoms with Crippen LogP contribution in [0.2, 0.25) is 0 Å². The third-order valence-corrected chi connectivity index (χ3v) is 2.97. The van der Waals surface area contributed by atoms with Crippen molar-refractivity contribution in [3.8, 4) is 5.75 Å². The van der Waals surface area contributed by atoms with Crippen molar-refractivity contribution in [2.45, 2.75) is 13.0 Å². The fourth-order valence-electron chi connectivity index (χ4n) is 1.46. The van der Waals surface area contributed by atoms with Crippen molar-refractivity contribution in [3.05, 3.63) is 52.2 Å². The summed E-state index contributed by atoms with van der Waals surface area (Å²) in [5, 5.41) is 12.7. The van der Waals surface area contributed by atoms with Crippen LogP contribution in [0.15, 0.2) is 41.1 Å². The highest BCUT2D eigenvalue weighted by molar-refractivity contribution is 7.07. The summed E-state index contributed by atoms with van der Waals surface area (Å²) in [5.41, 5.74) is 1.87. The van der Waals surface area contributed by atoms with Gasteiger partial charge < -0.3 is 9.84 Å². The molecule has 0 spiro atoms. The molecule has 0 aliphatic carbocycles. The van der Waals surface area contributed by atoms with Crippen molar-refractivity contribution < 1.29 is 14.6 Å². The number of benzene rings is 1. The number of rotatable bonds is 5. The molecule has 1 N–H and O–H groups in total. The van der Waals surface area contributed by atoms with Gasteiger partial charge in [0.1, 0.15) is 12.4 Å². The summed E-state index contributed by atoms with van der Waals surface area (Å²) in [7, 11) is 0. The highest BCUT2D eigenvalue weighted by Crippen LogP contribution is 2.16. The fraction of sp³-hybridized carbons (Fsp3) is 0.154. The molecule has 2 rings (SSSR count). The molecule has 0 radical (unpaired) electrons. The first kappa shape index (κ1) is 11.7. The number of aliphatic carboxylic acids is 1. The number of carbonyl (C=O) groups is 1. The van der Waals surface area contributed by atoms with Crippen molar-refractivity contribution >= 4 is 17.3 Å². The summed E-state index contributed by atoms with van der Waals surface area (Å²) >= 11 is 1.63. The van der Waals surface area contributed by atoms with E-state index in [9.17, 15) is 4.79 Å². The molecule has 0 unspecified atom stereocenters. The van der Waals surface area contributed by atoms with E-state index in [1.54, 1.807) is 29.5 Å². The van der Waals surface area contributed by atoms with Gasteiger partial charge in [-0.2, -0.15) is 11.3 Å². The number of ether oxygens (including phenoxy) is 1. The molecule has 0 atom stereocenters. The second kappa shape index (κ2) is 5.50. The molecular weight excluding hydrogens is 236 g/mol. The Morgan fingerprint density at radius 3 is 2.88 bits per heavy atom. The molecule has 0 amide bonds. The van der Waals surface area contributed by atoms with Crippen LogP contribution in [0, 0.1) is 0 Å². The standard InChI is InChI=1S/C13H12O3S/c14-13(15)7-10-2-1-3-12(6-10)16-8-11-4-5-17-9-11/h1-6,9H,7-8H2,(H,14,15). The molecule has 0 fully saturated rings. The second-order valence-corrected chi connectivity index (χ2v) is 4.42. The van der Waals surface area contributed by atoms with Crippen LogP contribution >= 0.6 is 11.3 Å². The Labute approximate surface area is 103 Å². The van der Waals surface area contributed by atoms with Gasteiger partial charge >= 0.3 is 5.97 Å². The Morgan fingerprint density at radius 2 is 2.18 bits per heavy atom. The lowest BCUT2D eigenvalue weighted by molar-refractivity contribution is -0.136. The van der Waals surface area contributed by atoms with Crippen molar-refractivity contribution in [2.75, 3.05) is 0 Å². The van der Waals surface area contributed by atoms with E-state index in [1.165, 1.54) is 0 Å². The number of hydrogen-bond donors (Lipinski definition) is 1. The third kappa shape index (κ3) is 3.60. The van der Waals surface area contributed by atoms with Gasteiger partial charge in [-0.1, -0.05) is 12.1 Å². The summed E-state index contributed by atoms with van der Waals surface area (Å²) in [4.78, 5) is 10.6. The van der Waals surface area contributed by atoms with Crippen LogP contribution in [-0.4, -0.2) is 11.1 Å². The average molecular weight is 248 g/mol. The smallest absolute Gasteiger partial charge is 0.307 e. The lowest BCUT2D eigenvalue weighted by Crippen LogP contribution is -2.00. The van der Waals surface area contributed by atoms with E-state index in [1.807, 2.05) is 22.9 Å². The largest absolute Gasteiger partial charge is 0.489 e. The topological polar surface area (TPSA) is 46.5 Å². The molecule has 0 aliphatic heterocycles. The van der Waals surface area contributed by atoms with Gasteiger partial charge in [0, 0.05) is 0 Å². The second-order valence-electron chi connectivity index (χ2n) is 3.64. The van der Waals surface area contributed by atoms with E-state index in [0.29, 0.717) is 12.4 Å². The SMILES string of the molecule is O=C(O)Cc1cccc(OCc2ccsc2)c1. The van der Waals surface area contributed by atoms with E-state index in [-0.39, 0.29) is 6.42 Å². The molecule has 4 heteroatoms. The van der Waals surface area contributed by atoms with Crippen LogP contribution in [0.1, 0.15) is 11.1 Å². The zero-order chi connectivity index (χ0) is 12.1. The lowest BCUT2D eigenvalue weighted by atomic mass is 10.1. The summed E-state index contributed by atoms with van der Waals surface area (Å²) < 4.78 is 5.59. The summed E-state index contributed by atoms with van der Waals surface area (Å²) in [6, 6.07) is 9.19. The summed E-state index contributed by atoms with van der Waals surface area (Å²) in [6.45, 7) is 0.514. The van der Waals surface area contributed by atoms with E-state index in [2.05, 4.69) is 0 Å². The highest BCUT2D eigenvalue weighted by Gasteiger charge is 2.02. The number of carboxylic acid groups (broad SMARTS) is 1. The average Bonchev–Trinajstić information content (AvgIpc) is 2.79. The maximum atomic E-state index is 10.6.